The Kier molecular flexibility index (Phi) is 2.85. The van der Waals surface area contributed by atoms with Crippen molar-refractivity contribution in [3.05, 3.63) is 35.9 Å². The van der Waals surface area contributed by atoms with Gasteiger partial charge in [0.2, 0.25) is 5.95 Å². The molecule has 8 heteroatoms. The topological polar surface area (TPSA) is 74.5 Å². The van der Waals surface area contributed by atoms with Crippen molar-refractivity contribution in [1.82, 2.24) is 24.3 Å². The van der Waals surface area contributed by atoms with E-state index in [0.717, 1.165) is 6.07 Å². The van der Waals surface area contributed by atoms with Gasteiger partial charge in [0.05, 0.1) is 12.1 Å². The first-order valence-corrected chi connectivity index (χ1v) is 6.08. The molecular formula is C12H12F2N6. The van der Waals surface area contributed by atoms with E-state index in [9.17, 15) is 8.78 Å². The van der Waals surface area contributed by atoms with Crippen molar-refractivity contribution in [3.63, 3.8) is 0 Å². The molecule has 0 amide bonds. The molecule has 0 aliphatic carbocycles. The van der Waals surface area contributed by atoms with Crippen molar-refractivity contribution < 1.29 is 8.78 Å². The van der Waals surface area contributed by atoms with Gasteiger partial charge in [0, 0.05) is 6.54 Å². The standard InChI is InChI=1S/C12H12F2N6/c1-2-19-6-16-18-9(19)5-20-11-8(17-12(20)15)4-3-7(13)10(11)14/h3-4,6H,2,5H2,1H3,(H2,15,17). The number of nitrogens with zero attached hydrogens (tertiary/aromatic N) is 5. The van der Waals surface area contributed by atoms with E-state index in [1.165, 1.54) is 10.6 Å². The molecule has 2 aromatic heterocycles. The third kappa shape index (κ3) is 1.80. The molecule has 3 aromatic rings. The average Bonchev–Trinajstić information content (AvgIpc) is 3.00. The first kappa shape index (κ1) is 12.5. The van der Waals surface area contributed by atoms with Crippen LogP contribution < -0.4 is 5.73 Å². The smallest absolute Gasteiger partial charge is 0.201 e. The number of rotatable bonds is 3. The minimum atomic E-state index is -0.964. The summed E-state index contributed by atoms with van der Waals surface area (Å²) in [4.78, 5) is 4.03. The molecule has 0 spiro atoms. The predicted octanol–water partition coefficient (Wildman–Crippen LogP) is 1.56. The number of anilines is 1. The van der Waals surface area contributed by atoms with Gasteiger partial charge in [-0.05, 0) is 19.1 Å². The summed E-state index contributed by atoms with van der Waals surface area (Å²) in [5.74, 6) is -1.19. The van der Waals surface area contributed by atoms with Crippen LogP contribution in [0.3, 0.4) is 0 Å². The Bertz CT molecular complexity index is 776. The van der Waals surface area contributed by atoms with E-state index in [-0.39, 0.29) is 18.0 Å². The maximum Gasteiger partial charge on any atom is 0.201 e. The second-order valence-electron chi connectivity index (χ2n) is 4.32. The Labute approximate surface area is 112 Å². The molecule has 0 saturated heterocycles. The molecule has 6 nitrogen and oxygen atoms in total. The summed E-state index contributed by atoms with van der Waals surface area (Å²) >= 11 is 0. The highest BCUT2D eigenvalue weighted by Crippen LogP contribution is 2.23. The summed E-state index contributed by atoms with van der Waals surface area (Å²) in [6.45, 7) is 2.78. The molecule has 0 aliphatic heterocycles. The normalized spacial score (nSPS) is 11.3. The zero-order valence-electron chi connectivity index (χ0n) is 10.7. The van der Waals surface area contributed by atoms with Crippen LogP contribution in [0.15, 0.2) is 18.5 Å². The monoisotopic (exact) mass is 278 g/mol. The van der Waals surface area contributed by atoms with Crippen LogP contribution in [0.25, 0.3) is 11.0 Å². The maximum atomic E-state index is 13.9. The van der Waals surface area contributed by atoms with Gasteiger partial charge in [-0.1, -0.05) is 0 Å². The lowest BCUT2D eigenvalue weighted by Crippen LogP contribution is -2.10. The molecule has 2 heterocycles. The van der Waals surface area contributed by atoms with E-state index in [0.29, 0.717) is 17.9 Å². The van der Waals surface area contributed by atoms with Gasteiger partial charge < -0.3 is 14.9 Å². The number of hydrogen-bond donors (Lipinski definition) is 1. The number of aryl methyl sites for hydroxylation is 1. The number of aromatic nitrogens is 5. The Morgan fingerprint density at radius 1 is 1.30 bits per heavy atom. The largest absolute Gasteiger partial charge is 0.369 e. The van der Waals surface area contributed by atoms with Gasteiger partial charge in [-0.15, -0.1) is 10.2 Å². The van der Waals surface area contributed by atoms with Crippen LogP contribution in [0.1, 0.15) is 12.7 Å². The van der Waals surface area contributed by atoms with Crippen LogP contribution in [0.5, 0.6) is 0 Å². The number of halogens is 2. The number of fused-ring (bicyclic) bond motifs is 1. The molecule has 0 bridgehead atoms. The summed E-state index contributed by atoms with van der Waals surface area (Å²) in [5, 5.41) is 7.75. The quantitative estimate of drug-likeness (QED) is 0.789. The van der Waals surface area contributed by atoms with Crippen LogP contribution >= 0.6 is 0 Å². The fourth-order valence-electron chi connectivity index (χ4n) is 2.14. The Hall–Kier alpha value is -2.51. The number of nitrogens with two attached hydrogens (primary N) is 1. The van der Waals surface area contributed by atoms with Crippen molar-refractivity contribution in [3.8, 4) is 0 Å². The van der Waals surface area contributed by atoms with E-state index in [1.807, 2.05) is 6.92 Å². The van der Waals surface area contributed by atoms with Crippen LogP contribution in [-0.2, 0) is 13.1 Å². The Morgan fingerprint density at radius 2 is 2.10 bits per heavy atom. The van der Waals surface area contributed by atoms with E-state index in [4.69, 9.17) is 5.73 Å². The first-order chi connectivity index (χ1) is 9.61. The third-order valence-electron chi connectivity index (χ3n) is 3.17. The molecule has 3 rings (SSSR count). The lowest BCUT2D eigenvalue weighted by molar-refractivity contribution is 0.511. The first-order valence-electron chi connectivity index (χ1n) is 6.08. The fraction of sp³-hybridized carbons (Fsp3) is 0.250. The Morgan fingerprint density at radius 3 is 2.85 bits per heavy atom. The molecule has 2 N–H and O–H groups in total. The molecule has 0 fully saturated rings. The zero-order chi connectivity index (χ0) is 14.3. The minimum absolute atomic E-state index is 0.0353. The molecule has 0 saturated carbocycles. The van der Waals surface area contributed by atoms with Crippen LogP contribution in [0.4, 0.5) is 14.7 Å². The van der Waals surface area contributed by atoms with Gasteiger partial charge in [-0.25, -0.2) is 13.8 Å². The van der Waals surface area contributed by atoms with Crippen molar-refractivity contribution in [2.45, 2.75) is 20.0 Å². The van der Waals surface area contributed by atoms with Crippen molar-refractivity contribution >= 4 is 17.0 Å². The van der Waals surface area contributed by atoms with Crippen LogP contribution in [0, 0.1) is 11.6 Å². The van der Waals surface area contributed by atoms with E-state index >= 15 is 0 Å². The van der Waals surface area contributed by atoms with Gasteiger partial charge in [-0.3, -0.25) is 0 Å². The van der Waals surface area contributed by atoms with Crippen LogP contribution in [-0.4, -0.2) is 24.3 Å². The molecule has 20 heavy (non-hydrogen) atoms. The summed E-state index contributed by atoms with van der Waals surface area (Å²) in [7, 11) is 0. The van der Waals surface area contributed by atoms with Crippen molar-refractivity contribution in [1.29, 1.82) is 0 Å². The molecule has 104 valence electrons. The molecule has 1 aromatic carbocycles. The van der Waals surface area contributed by atoms with Crippen molar-refractivity contribution in [2.24, 2.45) is 0 Å². The molecular weight excluding hydrogens is 266 g/mol. The summed E-state index contributed by atoms with van der Waals surface area (Å²) in [6.07, 6.45) is 1.57. The average molecular weight is 278 g/mol. The molecule has 0 atom stereocenters. The van der Waals surface area contributed by atoms with E-state index in [1.54, 1.807) is 10.9 Å². The molecule has 0 aliphatic rings. The fourth-order valence-corrected chi connectivity index (χ4v) is 2.14. The SMILES string of the molecule is CCn1cnnc1Cn1c(N)nc2ccc(F)c(F)c21. The van der Waals surface area contributed by atoms with Gasteiger partial charge in [0.25, 0.3) is 0 Å². The second-order valence-corrected chi connectivity index (χ2v) is 4.32. The van der Waals surface area contributed by atoms with Gasteiger partial charge in [0.1, 0.15) is 11.8 Å². The highest BCUT2D eigenvalue weighted by atomic mass is 19.2. The molecule has 0 radical (unpaired) electrons. The lowest BCUT2D eigenvalue weighted by Gasteiger charge is -2.07. The van der Waals surface area contributed by atoms with Gasteiger partial charge in [-0.2, -0.15) is 0 Å². The highest BCUT2D eigenvalue weighted by molar-refractivity contribution is 5.79. The maximum absolute atomic E-state index is 13.9. The number of imidazole rings is 1. The van der Waals surface area contributed by atoms with Gasteiger partial charge in [0.15, 0.2) is 17.5 Å². The second kappa shape index (κ2) is 4.55. The number of hydrogen-bond acceptors (Lipinski definition) is 4. The van der Waals surface area contributed by atoms with E-state index < -0.39 is 11.6 Å². The number of nitrogen functional groups attached to an aromatic ring is 1. The summed E-state index contributed by atoms with van der Waals surface area (Å²) in [5.41, 5.74) is 6.13. The minimum Gasteiger partial charge on any atom is -0.369 e. The van der Waals surface area contributed by atoms with Crippen LogP contribution in [0.2, 0.25) is 0 Å². The molecule has 0 unspecified atom stereocenters. The Balaban J connectivity index is 2.16. The zero-order valence-corrected chi connectivity index (χ0v) is 10.7. The summed E-state index contributed by atoms with van der Waals surface area (Å²) < 4.78 is 30.5. The highest BCUT2D eigenvalue weighted by Gasteiger charge is 2.17. The third-order valence-corrected chi connectivity index (χ3v) is 3.17. The van der Waals surface area contributed by atoms with Gasteiger partial charge >= 0.3 is 0 Å². The van der Waals surface area contributed by atoms with Crippen molar-refractivity contribution in [2.75, 3.05) is 5.73 Å². The lowest BCUT2D eigenvalue weighted by atomic mass is 10.3. The number of benzene rings is 1. The summed E-state index contributed by atoms with van der Waals surface area (Å²) in [6, 6.07) is 2.42. The predicted molar refractivity (Wildman–Crippen MR) is 68.9 cm³/mol. The van der Waals surface area contributed by atoms with E-state index in [2.05, 4.69) is 15.2 Å².